The van der Waals surface area contributed by atoms with Gasteiger partial charge in [0.15, 0.2) is 18.1 Å². The van der Waals surface area contributed by atoms with Gasteiger partial charge in [0, 0.05) is 4.90 Å². The molecule has 0 radical (unpaired) electrons. The van der Waals surface area contributed by atoms with Gasteiger partial charge >= 0.3 is 0 Å². The van der Waals surface area contributed by atoms with Crippen molar-refractivity contribution in [2.75, 3.05) is 17.6 Å². The van der Waals surface area contributed by atoms with Gasteiger partial charge in [0.2, 0.25) is 0 Å². The fourth-order valence-corrected chi connectivity index (χ4v) is 3.40. The van der Waals surface area contributed by atoms with Crippen LogP contribution in [0.3, 0.4) is 0 Å². The predicted molar refractivity (Wildman–Crippen MR) is 102 cm³/mol. The Morgan fingerprint density at radius 2 is 1.70 bits per heavy atom. The molecule has 3 aromatic rings. The number of para-hydroxylation sites is 1. The normalized spacial score (nSPS) is 10.7. The molecule has 0 saturated heterocycles. The second kappa shape index (κ2) is 9.67. The zero-order valence-corrected chi connectivity index (χ0v) is 15.5. The number of hydrogen-bond donors (Lipinski definition) is 2. The standard InChI is InChI=1S/C20H19N3O3S/c21-9-12-27-19-8-2-1-7-18(19)22-20(24)15-23(13-16-5-3-10-25-16)14-17-6-4-11-26-17/h1-8,10-11H,12-15H2,(H,22,24)/p+1. The second-order valence-electron chi connectivity index (χ2n) is 5.93. The first-order valence-corrected chi connectivity index (χ1v) is 9.50. The quantitative estimate of drug-likeness (QED) is 0.556. The molecule has 0 aliphatic heterocycles. The van der Waals surface area contributed by atoms with Crippen LogP contribution >= 0.6 is 11.8 Å². The zero-order valence-electron chi connectivity index (χ0n) is 14.7. The van der Waals surface area contributed by atoms with E-state index in [-0.39, 0.29) is 12.5 Å². The predicted octanol–water partition coefficient (Wildman–Crippen LogP) is 2.71. The molecule has 1 amide bonds. The number of quaternary nitrogens is 1. The van der Waals surface area contributed by atoms with Crippen molar-refractivity contribution in [2.45, 2.75) is 18.0 Å². The minimum Gasteiger partial charge on any atom is -0.463 e. The lowest BCUT2D eigenvalue weighted by Gasteiger charge is -2.17. The Bertz CT molecular complexity index is 849. The number of nitrogens with one attached hydrogen (secondary N) is 2. The van der Waals surface area contributed by atoms with Gasteiger partial charge in [-0.1, -0.05) is 12.1 Å². The molecule has 0 aliphatic carbocycles. The fraction of sp³-hybridized carbons (Fsp3) is 0.200. The molecule has 0 spiro atoms. The summed E-state index contributed by atoms with van der Waals surface area (Å²) in [6.45, 7) is 1.41. The molecule has 0 atom stereocenters. The highest BCUT2D eigenvalue weighted by molar-refractivity contribution is 7.99. The van der Waals surface area contributed by atoms with Crippen LogP contribution in [0.2, 0.25) is 0 Å². The van der Waals surface area contributed by atoms with E-state index in [0.29, 0.717) is 18.8 Å². The van der Waals surface area contributed by atoms with Gasteiger partial charge in [0.1, 0.15) is 13.1 Å². The minimum absolute atomic E-state index is 0.104. The molecule has 2 heterocycles. The Morgan fingerprint density at radius 1 is 1.04 bits per heavy atom. The van der Waals surface area contributed by atoms with E-state index < -0.39 is 0 Å². The molecule has 138 valence electrons. The summed E-state index contributed by atoms with van der Waals surface area (Å²) in [5.74, 6) is 1.86. The summed E-state index contributed by atoms with van der Waals surface area (Å²) in [6.07, 6.45) is 3.26. The van der Waals surface area contributed by atoms with Crippen molar-refractivity contribution < 1.29 is 18.5 Å². The Labute approximate surface area is 161 Å². The lowest BCUT2D eigenvalue weighted by molar-refractivity contribution is -0.921. The van der Waals surface area contributed by atoms with Crippen molar-refractivity contribution >= 4 is 23.4 Å². The maximum absolute atomic E-state index is 12.6. The summed E-state index contributed by atoms with van der Waals surface area (Å²) in [6, 6.07) is 17.1. The molecule has 7 heteroatoms. The molecule has 2 N–H and O–H groups in total. The molecule has 27 heavy (non-hydrogen) atoms. The van der Waals surface area contributed by atoms with Crippen LogP contribution in [0.5, 0.6) is 0 Å². The second-order valence-corrected chi connectivity index (χ2v) is 6.95. The number of carbonyl (C=O) groups is 1. The third-order valence-corrected chi connectivity index (χ3v) is 4.81. The van der Waals surface area contributed by atoms with E-state index in [2.05, 4.69) is 11.4 Å². The third kappa shape index (κ3) is 5.78. The van der Waals surface area contributed by atoms with Crippen molar-refractivity contribution in [2.24, 2.45) is 0 Å². The zero-order chi connectivity index (χ0) is 18.9. The largest absolute Gasteiger partial charge is 0.463 e. The highest BCUT2D eigenvalue weighted by Gasteiger charge is 2.19. The number of nitriles is 1. The van der Waals surface area contributed by atoms with Gasteiger partial charge in [0.05, 0.1) is 30.0 Å². The Morgan fingerprint density at radius 3 is 2.30 bits per heavy atom. The third-order valence-electron chi connectivity index (χ3n) is 3.87. The van der Waals surface area contributed by atoms with E-state index >= 15 is 0 Å². The van der Waals surface area contributed by atoms with Crippen LogP contribution in [0.15, 0.2) is 74.8 Å². The van der Waals surface area contributed by atoms with E-state index in [9.17, 15) is 4.79 Å². The lowest BCUT2D eigenvalue weighted by Crippen LogP contribution is -3.10. The number of amides is 1. The van der Waals surface area contributed by atoms with E-state index in [1.807, 2.05) is 48.5 Å². The van der Waals surface area contributed by atoms with Gasteiger partial charge in [-0.25, -0.2) is 0 Å². The van der Waals surface area contributed by atoms with Gasteiger partial charge in [-0.3, -0.25) is 4.79 Å². The van der Waals surface area contributed by atoms with Crippen LogP contribution in [-0.2, 0) is 17.9 Å². The van der Waals surface area contributed by atoms with E-state index in [1.165, 1.54) is 11.8 Å². The molecule has 0 fully saturated rings. The highest BCUT2D eigenvalue weighted by atomic mass is 32.2. The summed E-state index contributed by atoms with van der Waals surface area (Å²) in [7, 11) is 0. The smallest absolute Gasteiger partial charge is 0.279 e. The number of hydrogen-bond acceptors (Lipinski definition) is 5. The molecule has 6 nitrogen and oxygen atoms in total. The first-order chi connectivity index (χ1) is 13.2. The van der Waals surface area contributed by atoms with Crippen LogP contribution in [0, 0.1) is 11.3 Å². The number of furan rings is 2. The van der Waals surface area contributed by atoms with Gasteiger partial charge < -0.3 is 19.1 Å². The molecule has 2 aromatic heterocycles. The summed E-state index contributed by atoms with van der Waals surface area (Å²) in [5.41, 5.74) is 0.720. The van der Waals surface area contributed by atoms with Crippen LogP contribution in [0.4, 0.5) is 5.69 Å². The van der Waals surface area contributed by atoms with E-state index in [0.717, 1.165) is 27.0 Å². The highest BCUT2D eigenvalue weighted by Crippen LogP contribution is 2.26. The molecule has 0 unspecified atom stereocenters. The van der Waals surface area contributed by atoms with Crippen LogP contribution in [0.1, 0.15) is 11.5 Å². The Hall–Kier alpha value is -2.95. The Kier molecular flexibility index (Phi) is 6.74. The number of thioether (sulfide) groups is 1. The number of nitrogens with zero attached hydrogens (tertiary/aromatic N) is 1. The first-order valence-electron chi connectivity index (χ1n) is 8.51. The number of benzene rings is 1. The van der Waals surface area contributed by atoms with Crippen molar-refractivity contribution in [3.63, 3.8) is 0 Å². The summed E-state index contributed by atoms with van der Waals surface area (Å²) < 4.78 is 10.9. The van der Waals surface area contributed by atoms with Crippen molar-refractivity contribution in [1.82, 2.24) is 0 Å². The van der Waals surface area contributed by atoms with Crippen molar-refractivity contribution in [3.8, 4) is 6.07 Å². The van der Waals surface area contributed by atoms with Gasteiger partial charge in [-0.05, 0) is 36.4 Å². The monoisotopic (exact) mass is 382 g/mol. The SMILES string of the molecule is N#CCSc1ccccc1NC(=O)C[NH+](Cc1ccco1)Cc1ccco1. The minimum atomic E-state index is -0.104. The molecule has 3 rings (SSSR count). The summed E-state index contributed by atoms with van der Waals surface area (Å²) >= 11 is 1.40. The molecule has 0 aliphatic rings. The van der Waals surface area contributed by atoms with Crippen molar-refractivity contribution in [3.05, 3.63) is 72.6 Å². The van der Waals surface area contributed by atoms with Gasteiger partial charge in [0.25, 0.3) is 5.91 Å². The molecule has 1 aromatic carbocycles. The van der Waals surface area contributed by atoms with Crippen LogP contribution in [0.25, 0.3) is 0 Å². The van der Waals surface area contributed by atoms with E-state index in [1.54, 1.807) is 12.5 Å². The van der Waals surface area contributed by atoms with E-state index in [4.69, 9.17) is 14.1 Å². The first kappa shape index (κ1) is 18.8. The maximum atomic E-state index is 12.6. The fourth-order valence-electron chi connectivity index (χ4n) is 2.73. The average Bonchev–Trinajstić information content (AvgIpc) is 3.35. The van der Waals surface area contributed by atoms with Gasteiger partial charge in [-0.2, -0.15) is 5.26 Å². The van der Waals surface area contributed by atoms with Crippen molar-refractivity contribution in [1.29, 1.82) is 5.26 Å². The topological polar surface area (TPSA) is 83.6 Å². The molecular formula is C20H20N3O3S+. The van der Waals surface area contributed by atoms with Gasteiger partial charge in [-0.15, -0.1) is 11.8 Å². The maximum Gasteiger partial charge on any atom is 0.279 e. The number of carbonyl (C=O) groups excluding carboxylic acids is 1. The number of rotatable bonds is 9. The summed E-state index contributed by atoms with van der Waals surface area (Å²) in [4.78, 5) is 14.5. The molecular weight excluding hydrogens is 362 g/mol. The molecule has 0 saturated carbocycles. The number of anilines is 1. The molecule has 0 bridgehead atoms. The Balaban J connectivity index is 1.66. The lowest BCUT2D eigenvalue weighted by atomic mass is 10.3. The van der Waals surface area contributed by atoms with Crippen LogP contribution < -0.4 is 10.2 Å². The summed E-state index contributed by atoms with van der Waals surface area (Å²) in [5, 5.41) is 11.7. The van der Waals surface area contributed by atoms with Crippen LogP contribution in [-0.4, -0.2) is 18.2 Å². The average molecular weight is 382 g/mol.